The van der Waals surface area contributed by atoms with Gasteiger partial charge in [0.05, 0.1) is 13.7 Å². The summed E-state index contributed by atoms with van der Waals surface area (Å²) in [4.78, 5) is 16.6. The molecular formula is C15H14BrClN2O2. The number of benzene rings is 1. The normalized spacial score (nSPS) is 14.2. The van der Waals surface area contributed by atoms with E-state index in [-0.39, 0.29) is 10.7 Å². The fourth-order valence-corrected chi connectivity index (χ4v) is 2.83. The van der Waals surface area contributed by atoms with Crippen molar-refractivity contribution in [3.63, 3.8) is 0 Å². The number of nitrogens with zero attached hydrogens (tertiary/aromatic N) is 2. The summed E-state index contributed by atoms with van der Waals surface area (Å²) in [7, 11) is 1.62. The zero-order valence-electron chi connectivity index (χ0n) is 11.5. The van der Waals surface area contributed by atoms with Crippen LogP contribution in [0.4, 0.5) is 0 Å². The average molecular weight is 370 g/mol. The first-order valence-electron chi connectivity index (χ1n) is 6.68. The van der Waals surface area contributed by atoms with Gasteiger partial charge in [-0.15, -0.1) is 0 Å². The van der Waals surface area contributed by atoms with Gasteiger partial charge in [0.2, 0.25) is 0 Å². The third kappa shape index (κ3) is 3.14. The second-order valence-electron chi connectivity index (χ2n) is 5.09. The standard InChI is InChI=1S/C15H14BrClN2O2/c1-21-11-4-5-12(16)10(6-11)8-19-14(20)7-13(17)18-15(19)9-2-3-9/h4-7,9H,2-3,8H2,1H3. The van der Waals surface area contributed by atoms with Gasteiger partial charge in [0.15, 0.2) is 0 Å². The van der Waals surface area contributed by atoms with Gasteiger partial charge in [-0.05, 0) is 36.6 Å². The molecular weight excluding hydrogens is 356 g/mol. The Morgan fingerprint density at radius 3 is 2.86 bits per heavy atom. The van der Waals surface area contributed by atoms with Gasteiger partial charge in [-0.2, -0.15) is 0 Å². The second-order valence-corrected chi connectivity index (χ2v) is 6.33. The highest BCUT2D eigenvalue weighted by Crippen LogP contribution is 2.39. The van der Waals surface area contributed by atoms with Gasteiger partial charge in [0, 0.05) is 16.5 Å². The van der Waals surface area contributed by atoms with Crippen LogP contribution in [0.3, 0.4) is 0 Å². The Morgan fingerprint density at radius 2 is 2.19 bits per heavy atom. The molecule has 0 radical (unpaired) electrons. The SMILES string of the molecule is COc1ccc(Br)c(Cn2c(C3CC3)nc(Cl)cc2=O)c1. The molecule has 0 N–H and O–H groups in total. The highest BCUT2D eigenvalue weighted by Gasteiger charge is 2.29. The lowest BCUT2D eigenvalue weighted by Gasteiger charge is -2.13. The van der Waals surface area contributed by atoms with Gasteiger partial charge in [-0.3, -0.25) is 9.36 Å². The third-order valence-electron chi connectivity index (χ3n) is 3.53. The fraction of sp³-hybridized carbons (Fsp3) is 0.333. The Balaban J connectivity index is 2.04. The maximum Gasteiger partial charge on any atom is 0.255 e. The van der Waals surface area contributed by atoms with Crippen molar-refractivity contribution in [3.8, 4) is 5.75 Å². The molecule has 3 rings (SSSR count). The van der Waals surface area contributed by atoms with E-state index in [4.69, 9.17) is 16.3 Å². The third-order valence-corrected chi connectivity index (χ3v) is 4.50. The average Bonchev–Trinajstić information content (AvgIpc) is 3.28. The van der Waals surface area contributed by atoms with Gasteiger partial charge >= 0.3 is 0 Å². The molecule has 1 aliphatic rings. The minimum Gasteiger partial charge on any atom is -0.497 e. The van der Waals surface area contributed by atoms with Crippen molar-refractivity contribution in [1.29, 1.82) is 0 Å². The Bertz CT molecular complexity index is 741. The van der Waals surface area contributed by atoms with E-state index in [1.54, 1.807) is 11.7 Å². The Morgan fingerprint density at radius 1 is 1.43 bits per heavy atom. The largest absolute Gasteiger partial charge is 0.497 e. The maximum atomic E-state index is 12.3. The van der Waals surface area contributed by atoms with E-state index >= 15 is 0 Å². The van der Waals surface area contributed by atoms with Crippen LogP contribution >= 0.6 is 27.5 Å². The van der Waals surface area contributed by atoms with Gasteiger partial charge in [0.1, 0.15) is 16.7 Å². The molecule has 1 aliphatic carbocycles. The minimum atomic E-state index is -0.119. The molecule has 1 aromatic carbocycles. The zero-order valence-corrected chi connectivity index (χ0v) is 13.8. The Kier molecular flexibility index (Phi) is 4.04. The summed E-state index contributed by atoms with van der Waals surface area (Å²) in [6, 6.07) is 7.07. The van der Waals surface area contributed by atoms with E-state index in [0.29, 0.717) is 12.5 Å². The summed E-state index contributed by atoms with van der Waals surface area (Å²) >= 11 is 9.44. The lowest BCUT2D eigenvalue weighted by molar-refractivity contribution is 0.414. The number of hydrogen-bond acceptors (Lipinski definition) is 3. The van der Waals surface area contributed by atoms with E-state index in [1.165, 1.54) is 6.07 Å². The van der Waals surface area contributed by atoms with Crippen molar-refractivity contribution in [2.24, 2.45) is 0 Å². The lowest BCUT2D eigenvalue weighted by Crippen LogP contribution is -2.25. The van der Waals surface area contributed by atoms with E-state index < -0.39 is 0 Å². The molecule has 1 heterocycles. The van der Waals surface area contributed by atoms with Crippen molar-refractivity contribution in [3.05, 3.63) is 55.6 Å². The summed E-state index contributed by atoms with van der Waals surface area (Å²) in [6.07, 6.45) is 2.12. The summed E-state index contributed by atoms with van der Waals surface area (Å²) in [5, 5.41) is 0.267. The van der Waals surface area contributed by atoms with Crippen LogP contribution in [0.25, 0.3) is 0 Å². The van der Waals surface area contributed by atoms with E-state index in [9.17, 15) is 4.79 Å². The van der Waals surface area contributed by atoms with Crippen LogP contribution in [-0.4, -0.2) is 16.7 Å². The molecule has 2 aromatic rings. The molecule has 0 bridgehead atoms. The van der Waals surface area contributed by atoms with E-state index in [1.807, 2.05) is 18.2 Å². The first-order chi connectivity index (χ1) is 10.1. The summed E-state index contributed by atoms with van der Waals surface area (Å²) < 4.78 is 7.88. The summed E-state index contributed by atoms with van der Waals surface area (Å²) in [5.41, 5.74) is 0.856. The first-order valence-corrected chi connectivity index (χ1v) is 7.85. The van der Waals surface area contributed by atoms with Crippen LogP contribution < -0.4 is 10.3 Å². The maximum absolute atomic E-state index is 12.3. The van der Waals surface area contributed by atoms with E-state index in [2.05, 4.69) is 20.9 Å². The Labute approximate surface area is 135 Å². The summed E-state index contributed by atoms with van der Waals surface area (Å²) in [6.45, 7) is 0.451. The van der Waals surface area contributed by atoms with Crippen LogP contribution in [0.5, 0.6) is 5.75 Å². The molecule has 21 heavy (non-hydrogen) atoms. The predicted molar refractivity (Wildman–Crippen MR) is 85.3 cm³/mol. The summed E-state index contributed by atoms with van der Waals surface area (Å²) in [5.74, 6) is 1.89. The molecule has 0 unspecified atom stereocenters. The van der Waals surface area contributed by atoms with Crippen molar-refractivity contribution in [1.82, 2.24) is 9.55 Å². The van der Waals surface area contributed by atoms with Crippen LogP contribution in [0.15, 0.2) is 33.5 Å². The van der Waals surface area contributed by atoms with Crippen molar-refractivity contribution >= 4 is 27.5 Å². The highest BCUT2D eigenvalue weighted by molar-refractivity contribution is 9.10. The predicted octanol–water partition coefficient (Wildman–Crippen LogP) is 3.59. The monoisotopic (exact) mass is 368 g/mol. The molecule has 0 spiro atoms. The molecule has 0 saturated heterocycles. The number of hydrogen-bond donors (Lipinski definition) is 0. The van der Waals surface area contributed by atoms with Crippen LogP contribution in [-0.2, 0) is 6.54 Å². The fourth-order valence-electron chi connectivity index (χ4n) is 2.28. The van der Waals surface area contributed by atoms with Crippen molar-refractivity contribution < 1.29 is 4.74 Å². The number of rotatable bonds is 4. The first kappa shape index (κ1) is 14.6. The van der Waals surface area contributed by atoms with E-state index in [0.717, 1.165) is 34.5 Å². The van der Waals surface area contributed by atoms with Gasteiger partial charge in [-0.25, -0.2) is 4.98 Å². The number of ether oxygens (including phenoxy) is 1. The van der Waals surface area contributed by atoms with Crippen LogP contribution in [0.1, 0.15) is 30.1 Å². The molecule has 4 nitrogen and oxygen atoms in total. The van der Waals surface area contributed by atoms with Crippen LogP contribution in [0, 0.1) is 0 Å². The molecule has 1 aromatic heterocycles. The molecule has 110 valence electrons. The smallest absolute Gasteiger partial charge is 0.255 e. The topological polar surface area (TPSA) is 44.1 Å². The quantitative estimate of drug-likeness (QED) is 0.774. The van der Waals surface area contributed by atoms with Gasteiger partial charge in [-0.1, -0.05) is 27.5 Å². The number of halogens is 2. The molecule has 0 amide bonds. The highest BCUT2D eigenvalue weighted by atomic mass is 79.9. The Hall–Kier alpha value is -1.33. The van der Waals surface area contributed by atoms with Gasteiger partial charge < -0.3 is 4.74 Å². The van der Waals surface area contributed by atoms with Crippen molar-refractivity contribution in [2.75, 3.05) is 7.11 Å². The van der Waals surface area contributed by atoms with Crippen LogP contribution in [0.2, 0.25) is 5.15 Å². The van der Waals surface area contributed by atoms with Gasteiger partial charge in [0.25, 0.3) is 5.56 Å². The minimum absolute atomic E-state index is 0.119. The molecule has 0 atom stereocenters. The molecule has 6 heteroatoms. The number of aromatic nitrogens is 2. The number of methoxy groups -OCH3 is 1. The molecule has 0 aliphatic heterocycles. The lowest BCUT2D eigenvalue weighted by atomic mass is 10.2. The second kappa shape index (κ2) is 5.81. The zero-order chi connectivity index (χ0) is 15.0. The van der Waals surface area contributed by atoms with Crippen molar-refractivity contribution in [2.45, 2.75) is 25.3 Å². The molecule has 1 fully saturated rings. The molecule has 1 saturated carbocycles.